The summed E-state index contributed by atoms with van der Waals surface area (Å²) in [5.74, 6) is 0. The first-order chi connectivity index (χ1) is 6.27. The zero-order chi connectivity index (χ0) is 9.26. The van der Waals surface area contributed by atoms with Gasteiger partial charge in [0.2, 0.25) is 0 Å². The van der Waals surface area contributed by atoms with E-state index in [4.69, 9.17) is 5.73 Å². The van der Waals surface area contributed by atoms with Crippen molar-refractivity contribution < 1.29 is 0 Å². The maximum atomic E-state index is 5.80. The molecule has 0 radical (unpaired) electrons. The summed E-state index contributed by atoms with van der Waals surface area (Å²) in [6.45, 7) is 2.04. The van der Waals surface area contributed by atoms with Crippen LogP contribution in [0.15, 0.2) is 36.4 Å². The van der Waals surface area contributed by atoms with Crippen LogP contribution in [0.2, 0.25) is 0 Å². The Hall–Kier alpha value is -1.28. The van der Waals surface area contributed by atoms with Crippen LogP contribution in [0.25, 0.3) is 10.4 Å². The molecule has 0 saturated heterocycles. The molecular weight excluding hydrogens is 178 g/mol. The highest BCUT2D eigenvalue weighted by Gasteiger charge is 2.03. The monoisotopic (exact) mass is 189 g/mol. The van der Waals surface area contributed by atoms with Gasteiger partial charge in [-0.2, -0.15) is 0 Å². The van der Waals surface area contributed by atoms with E-state index in [0.717, 1.165) is 5.00 Å². The largest absolute Gasteiger partial charge is 0.390 e. The van der Waals surface area contributed by atoms with Crippen molar-refractivity contribution >= 4 is 16.3 Å². The minimum atomic E-state index is 0.916. The molecule has 0 aliphatic carbocycles. The van der Waals surface area contributed by atoms with Crippen LogP contribution >= 0.6 is 11.3 Å². The van der Waals surface area contributed by atoms with Crippen molar-refractivity contribution in [1.82, 2.24) is 0 Å². The first-order valence-corrected chi connectivity index (χ1v) is 5.00. The molecule has 0 bridgehead atoms. The minimum Gasteiger partial charge on any atom is -0.390 e. The molecule has 1 heterocycles. The molecular formula is C11H11NS. The van der Waals surface area contributed by atoms with Crippen molar-refractivity contribution in [3.05, 3.63) is 42.0 Å². The third-order valence-electron chi connectivity index (χ3n) is 2.01. The topological polar surface area (TPSA) is 26.0 Å². The lowest BCUT2D eigenvalue weighted by Gasteiger charge is -1.93. The second-order valence-corrected chi connectivity index (χ2v) is 4.11. The number of hydrogen-bond acceptors (Lipinski definition) is 2. The standard InChI is InChI=1S/C11H11NS/c1-8-7-10(13-11(8)12)9-5-3-2-4-6-9/h2-7H,12H2,1H3. The Bertz CT molecular complexity index is 384. The third-order valence-corrected chi connectivity index (χ3v) is 3.13. The van der Waals surface area contributed by atoms with Crippen LogP contribution in [-0.2, 0) is 0 Å². The van der Waals surface area contributed by atoms with Crippen molar-refractivity contribution in [3.8, 4) is 10.4 Å². The van der Waals surface area contributed by atoms with Crippen LogP contribution in [0.4, 0.5) is 5.00 Å². The number of nitrogens with two attached hydrogens (primary N) is 1. The summed E-state index contributed by atoms with van der Waals surface area (Å²) in [5.41, 5.74) is 8.21. The summed E-state index contributed by atoms with van der Waals surface area (Å²) < 4.78 is 0. The average Bonchev–Trinajstić information content (AvgIpc) is 2.49. The summed E-state index contributed by atoms with van der Waals surface area (Å²) in [7, 11) is 0. The van der Waals surface area contributed by atoms with E-state index < -0.39 is 0 Å². The van der Waals surface area contributed by atoms with Gasteiger partial charge in [0.05, 0.1) is 5.00 Å². The second-order valence-electron chi connectivity index (χ2n) is 3.02. The fraction of sp³-hybridized carbons (Fsp3) is 0.0909. The Balaban J connectivity index is 2.48. The van der Waals surface area contributed by atoms with Crippen LogP contribution in [0.5, 0.6) is 0 Å². The van der Waals surface area contributed by atoms with E-state index in [0.29, 0.717) is 0 Å². The van der Waals surface area contributed by atoms with Gasteiger partial charge in [-0.15, -0.1) is 11.3 Å². The second kappa shape index (κ2) is 3.23. The fourth-order valence-corrected chi connectivity index (χ4v) is 2.19. The van der Waals surface area contributed by atoms with E-state index in [9.17, 15) is 0 Å². The number of aryl methyl sites for hydroxylation is 1. The van der Waals surface area contributed by atoms with Gasteiger partial charge in [-0.1, -0.05) is 30.3 Å². The van der Waals surface area contributed by atoms with Crippen LogP contribution in [-0.4, -0.2) is 0 Å². The zero-order valence-electron chi connectivity index (χ0n) is 7.45. The van der Waals surface area contributed by atoms with Crippen molar-refractivity contribution in [2.75, 3.05) is 5.73 Å². The normalized spacial score (nSPS) is 10.2. The SMILES string of the molecule is Cc1cc(-c2ccccc2)sc1N. The highest BCUT2D eigenvalue weighted by molar-refractivity contribution is 7.19. The molecule has 0 fully saturated rings. The number of thiophene rings is 1. The van der Waals surface area contributed by atoms with Gasteiger partial charge in [-0.25, -0.2) is 0 Å². The molecule has 0 aliphatic heterocycles. The Morgan fingerprint density at radius 1 is 1.15 bits per heavy atom. The summed E-state index contributed by atoms with van der Waals surface area (Å²) in [4.78, 5) is 1.25. The molecule has 0 unspecified atom stereocenters. The van der Waals surface area contributed by atoms with E-state index >= 15 is 0 Å². The van der Waals surface area contributed by atoms with E-state index in [2.05, 4.69) is 18.2 Å². The Morgan fingerprint density at radius 3 is 2.38 bits per heavy atom. The molecule has 66 valence electrons. The van der Waals surface area contributed by atoms with Gasteiger partial charge in [0.15, 0.2) is 0 Å². The summed E-state index contributed by atoms with van der Waals surface area (Å²) in [5, 5.41) is 0.916. The Morgan fingerprint density at radius 2 is 1.85 bits per heavy atom. The highest BCUT2D eigenvalue weighted by atomic mass is 32.1. The average molecular weight is 189 g/mol. The van der Waals surface area contributed by atoms with E-state index in [1.807, 2.05) is 25.1 Å². The van der Waals surface area contributed by atoms with Gasteiger partial charge in [-0.05, 0) is 24.1 Å². The molecule has 2 aromatic rings. The quantitative estimate of drug-likeness (QED) is 0.731. The van der Waals surface area contributed by atoms with Crippen LogP contribution in [0, 0.1) is 6.92 Å². The Labute approximate surface area is 81.8 Å². The molecule has 13 heavy (non-hydrogen) atoms. The minimum absolute atomic E-state index is 0.916. The van der Waals surface area contributed by atoms with E-state index in [-0.39, 0.29) is 0 Å². The van der Waals surface area contributed by atoms with Gasteiger partial charge in [0.1, 0.15) is 0 Å². The fourth-order valence-electron chi connectivity index (χ4n) is 1.24. The lowest BCUT2D eigenvalue weighted by molar-refractivity contribution is 1.55. The van der Waals surface area contributed by atoms with Crippen LogP contribution < -0.4 is 5.73 Å². The maximum absolute atomic E-state index is 5.80. The molecule has 0 saturated carbocycles. The van der Waals surface area contributed by atoms with Crippen molar-refractivity contribution in [2.45, 2.75) is 6.92 Å². The van der Waals surface area contributed by atoms with E-state index in [1.54, 1.807) is 11.3 Å². The lowest BCUT2D eigenvalue weighted by atomic mass is 10.2. The molecule has 2 rings (SSSR count). The summed E-state index contributed by atoms with van der Waals surface area (Å²) >= 11 is 1.65. The van der Waals surface area contributed by atoms with Crippen molar-refractivity contribution in [1.29, 1.82) is 0 Å². The first-order valence-electron chi connectivity index (χ1n) is 4.18. The summed E-state index contributed by atoms with van der Waals surface area (Å²) in [6, 6.07) is 12.4. The maximum Gasteiger partial charge on any atom is 0.0892 e. The van der Waals surface area contributed by atoms with Gasteiger partial charge in [0.25, 0.3) is 0 Å². The number of anilines is 1. The lowest BCUT2D eigenvalue weighted by Crippen LogP contribution is -1.78. The van der Waals surface area contributed by atoms with Gasteiger partial charge in [0, 0.05) is 4.88 Å². The number of benzene rings is 1. The molecule has 1 aromatic heterocycles. The molecule has 1 nitrogen and oxygen atoms in total. The van der Waals surface area contributed by atoms with Crippen molar-refractivity contribution in [2.24, 2.45) is 0 Å². The third kappa shape index (κ3) is 1.58. The molecule has 2 N–H and O–H groups in total. The number of rotatable bonds is 1. The molecule has 1 aromatic carbocycles. The predicted molar refractivity (Wildman–Crippen MR) is 58.9 cm³/mol. The number of nitrogen functional groups attached to an aromatic ring is 1. The van der Waals surface area contributed by atoms with Crippen LogP contribution in [0.1, 0.15) is 5.56 Å². The summed E-state index contributed by atoms with van der Waals surface area (Å²) in [6.07, 6.45) is 0. The Kier molecular flexibility index (Phi) is 2.07. The molecule has 0 atom stereocenters. The smallest absolute Gasteiger partial charge is 0.0892 e. The van der Waals surface area contributed by atoms with Crippen molar-refractivity contribution in [3.63, 3.8) is 0 Å². The van der Waals surface area contributed by atoms with Gasteiger partial charge in [-0.3, -0.25) is 0 Å². The van der Waals surface area contributed by atoms with Gasteiger partial charge >= 0.3 is 0 Å². The van der Waals surface area contributed by atoms with Crippen LogP contribution in [0.3, 0.4) is 0 Å². The molecule has 0 spiro atoms. The molecule has 0 aliphatic rings. The molecule has 2 heteroatoms. The first kappa shape index (κ1) is 8.32. The van der Waals surface area contributed by atoms with Gasteiger partial charge < -0.3 is 5.73 Å². The number of hydrogen-bond donors (Lipinski definition) is 1. The molecule has 0 amide bonds. The van der Waals surface area contributed by atoms with E-state index in [1.165, 1.54) is 16.0 Å². The highest BCUT2D eigenvalue weighted by Crippen LogP contribution is 2.32. The predicted octanol–water partition coefficient (Wildman–Crippen LogP) is 3.31. The zero-order valence-corrected chi connectivity index (χ0v) is 8.27.